The Hall–Kier alpha value is -3.62. The number of nitrogens with zero attached hydrogens (tertiary/aromatic N) is 3. The zero-order valence-corrected chi connectivity index (χ0v) is 21.9. The Morgan fingerprint density at radius 2 is 1.84 bits per heavy atom. The molecule has 2 amide bonds. The summed E-state index contributed by atoms with van der Waals surface area (Å²) in [6.45, 7) is 2.04. The maximum Gasteiger partial charge on any atom is 0.262 e. The molecule has 0 spiro atoms. The molecule has 5 rings (SSSR count). The fourth-order valence-corrected chi connectivity index (χ4v) is 5.46. The maximum atomic E-state index is 12.8. The predicted molar refractivity (Wildman–Crippen MR) is 148 cm³/mol. The number of amidine groups is 1. The van der Waals surface area contributed by atoms with Crippen molar-refractivity contribution in [1.29, 1.82) is 0 Å². The second kappa shape index (κ2) is 10.8. The number of anilines is 1. The van der Waals surface area contributed by atoms with Crippen LogP contribution in [0.4, 0.5) is 5.69 Å². The number of hydrogen-bond acceptors (Lipinski definition) is 6. The van der Waals surface area contributed by atoms with Gasteiger partial charge in [-0.1, -0.05) is 77.5 Å². The number of hydrogen-bond donors (Lipinski definition) is 1. The van der Waals surface area contributed by atoms with Crippen LogP contribution in [0.1, 0.15) is 35.6 Å². The van der Waals surface area contributed by atoms with Crippen LogP contribution < -0.4 is 10.1 Å². The molecule has 0 aliphatic carbocycles. The van der Waals surface area contributed by atoms with Crippen LogP contribution >= 0.6 is 23.4 Å². The third kappa shape index (κ3) is 5.55. The number of aliphatic imine (C=N–C) groups is 1. The summed E-state index contributed by atoms with van der Waals surface area (Å²) in [5, 5.41) is 10.0. The van der Waals surface area contributed by atoms with E-state index in [-0.39, 0.29) is 24.3 Å². The lowest BCUT2D eigenvalue weighted by molar-refractivity contribution is -0.121. The number of aryl methyl sites for hydroxylation is 1. The molecule has 37 heavy (non-hydrogen) atoms. The Morgan fingerprint density at radius 1 is 1.11 bits per heavy atom. The van der Waals surface area contributed by atoms with Crippen molar-refractivity contribution >= 4 is 51.7 Å². The number of thioether (sulfide) groups is 1. The largest absolute Gasteiger partial charge is 0.495 e. The Labute approximate surface area is 224 Å². The Bertz CT molecular complexity index is 1390. The summed E-state index contributed by atoms with van der Waals surface area (Å²) in [4.78, 5) is 29.9. The number of benzene rings is 3. The second-order valence-corrected chi connectivity index (χ2v) is 10.4. The Balaban J connectivity index is 1.35. The van der Waals surface area contributed by atoms with Crippen molar-refractivity contribution in [3.8, 4) is 5.75 Å². The molecule has 2 atom stereocenters. The lowest BCUT2D eigenvalue weighted by atomic mass is 9.98. The van der Waals surface area contributed by atoms with Crippen LogP contribution in [0.5, 0.6) is 5.75 Å². The van der Waals surface area contributed by atoms with Crippen LogP contribution in [0.25, 0.3) is 0 Å². The molecule has 2 aliphatic heterocycles. The average molecular weight is 533 g/mol. The number of ether oxygens (including phenoxy) is 1. The second-order valence-electron chi connectivity index (χ2n) is 8.82. The van der Waals surface area contributed by atoms with Crippen molar-refractivity contribution in [2.45, 2.75) is 31.1 Å². The summed E-state index contributed by atoms with van der Waals surface area (Å²) in [5.41, 5.74) is 4.68. The number of methoxy groups -OCH3 is 1. The zero-order valence-electron chi connectivity index (χ0n) is 20.3. The van der Waals surface area contributed by atoms with Gasteiger partial charge in [-0.2, -0.15) is 10.1 Å². The normalized spacial score (nSPS) is 19.0. The first-order valence-electron chi connectivity index (χ1n) is 11.8. The van der Waals surface area contributed by atoms with E-state index in [1.54, 1.807) is 24.3 Å². The van der Waals surface area contributed by atoms with Crippen LogP contribution in [-0.2, 0) is 9.59 Å². The number of rotatable bonds is 6. The molecule has 0 saturated carbocycles. The van der Waals surface area contributed by atoms with Crippen LogP contribution in [0, 0.1) is 6.92 Å². The molecule has 2 heterocycles. The zero-order chi connectivity index (χ0) is 25.9. The van der Waals surface area contributed by atoms with Crippen LogP contribution in [0.2, 0.25) is 5.02 Å². The number of halogens is 1. The molecule has 3 aromatic carbocycles. The van der Waals surface area contributed by atoms with Gasteiger partial charge in [0.1, 0.15) is 11.0 Å². The highest BCUT2D eigenvalue weighted by Crippen LogP contribution is 2.39. The van der Waals surface area contributed by atoms with Gasteiger partial charge in [0.05, 0.1) is 24.6 Å². The van der Waals surface area contributed by atoms with Gasteiger partial charge in [-0.15, -0.1) is 0 Å². The van der Waals surface area contributed by atoms with Gasteiger partial charge >= 0.3 is 0 Å². The van der Waals surface area contributed by atoms with E-state index in [2.05, 4.69) is 34.6 Å². The molecule has 188 valence electrons. The molecule has 1 N–H and O–H groups in total. The van der Waals surface area contributed by atoms with Gasteiger partial charge < -0.3 is 10.1 Å². The minimum atomic E-state index is -0.630. The average Bonchev–Trinajstić information content (AvgIpc) is 3.49. The van der Waals surface area contributed by atoms with E-state index < -0.39 is 5.25 Å². The minimum absolute atomic E-state index is 0.0114. The first-order chi connectivity index (χ1) is 17.9. The number of para-hydroxylation sites is 2. The van der Waals surface area contributed by atoms with E-state index in [9.17, 15) is 9.59 Å². The topological polar surface area (TPSA) is 83.4 Å². The Kier molecular flexibility index (Phi) is 7.30. The molecule has 7 nitrogen and oxygen atoms in total. The molecule has 0 saturated heterocycles. The van der Waals surface area contributed by atoms with E-state index in [1.165, 1.54) is 17.3 Å². The van der Waals surface area contributed by atoms with Gasteiger partial charge in [-0.05, 0) is 42.3 Å². The highest BCUT2D eigenvalue weighted by molar-refractivity contribution is 8.15. The fourth-order valence-electron chi connectivity index (χ4n) is 4.27. The number of carbonyl (C=O) groups is 2. The van der Waals surface area contributed by atoms with E-state index >= 15 is 0 Å². The van der Waals surface area contributed by atoms with E-state index in [0.29, 0.717) is 28.0 Å². The van der Waals surface area contributed by atoms with Gasteiger partial charge in [-0.25, -0.2) is 5.01 Å². The first kappa shape index (κ1) is 25.0. The van der Waals surface area contributed by atoms with Crippen molar-refractivity contribution in [1.82, 2.24) is 5.01 Å². The number of nitrogens with one attached hydrogen (secondary N) is 1. The van der Waals surface area contributed by atoms with Gasteiger partial charge in [-0.3, -0.25) is 9.59 Å². The quantitative estimate of drug-likeness (QED) is 0.431. The lowest BCUT2D eigenvalue weighted by Gasteiger charge is -2.23. The molecule has 2 aliphatic rings. The molecule has 0 bridgehead atoms. The smallest absolute Gasteiger partial charge is 0.262 e. The molecular formula is C28H25ClN4O3S. The molecule has 0 aromatic heterocycles. The molecule has 0 radical (unpaired) electrons. The monoisotopic (exact) mass is 532 g/mol. The van der Waals surface area contributed by atoms with E-state index in [1.807, 2.05) is 43.3 Å². The minimum Gasteiger partial charge on any atom is -0.495 e. The summed E-state index contributed by atoms with van der Waals surface area (Å²) in [7, 11) is 1.54. The van der Waals surface area contributed by atoms with Gasteiger partial charge in [0.25, 0.3) is 5.91 Å². The maximum absolute atomic E-state index is 12.8. The van der Waals surface area contributed by atoms with Crippen molar-refractivity contribution in [2.24, 2.45) is 10.1 Å². The van der Waals surface area contributed by atoms with Crippen molar-refractivity contribution in [2.75, 3.05) is 12.4 Å². The van der Waals surface area contributed by atoms with Crippen molar-refractivity contribution < 1.29 is 14.3 Å². The molecule has 3 aromatic rings. The summed E-state index contributed by atoms with van der Waals surface area (Å²) in [5.74, 6) is -0.0747. The summed E-state index contributed by atoms with van der Waals surface area (Å²) < 4.78 is 5.30. The van der Waals surface area contributed by atoms with Crippen LogP contribution in [-0.4, -0.2) is 40.1 Å². The predicted octanol–water partition coefficient (Wildman–Crippen LogP) is 5.83. The van der Waals surface area contributed by atoms with Crippen molar-refractivity contribution in [3.05, 3.63) is 94.5 Å². The molecule has 9 heteroatoms. The number of carbonyl (C=O) groups excluding carboxylic acids is 2. The summed E-state index contributed by atoms with van der Waals surface area (Å²) in [6, 6.07) is 22.8. The summed E-state index contributed by atoms with van der Waals surface area (Å²) in [6.07, 6.45) is 0.639. The van der Waals surface area contributed by atoms with Gasteiger partial charge in [0, 0.05) is 17.9 Å². The Morgan fingerprint density at radius 3 is 2.57 bits per heavy atom. The third-order valence-electron chi connectivity index (χ3n) is 6.23. The highest BCUT2D eigenvalue weighted by Gasteiger charge is 2.39. The molecular weight excluding hydrogens is 508 g/mol. The number of amides is 2. The fraction of sp³-hybridized carbons (Fsp3) is 0.214. The first-order valence-corrected chi connectivity index (χ1v) is 13.1. The summed E-state index contributed by atoms with van der Waals surface area (Å²) >= 11 is 7.39. The van der Waals surface area contributed by atoms with Gasteiger partial charge in [0.2, 0.25) is 5.91 Å². The molecule has 0 unspecified atom stereocenters. The van der Waals surface area contributed by atoms with E-state index in [0.717, 1.165) is 16.8 Å². The lowest BCUT2D eigenvalue weighted by Crippen LogP contribution is -2.25. The third-order valence-corrected chi connectivity index (χ3v) is 7.62. The van der Waals surface area contributed by atoms with Gasteiger partial charge in [0.15, 0.2) is 5.17 Å². The highest BCUT2D eigenvalue weighted by atomic mass is 35.5. The number of hydrazone groups is 1. The van der Waals surface area contributed by atoms with Crippen LogP contribution in [0.15, 0.2) is 82.9 Å². The standard InChI is InChI=1S/C28H25ClN4O3S/c1-17-7-9-18(10-8-17)22-15-23(19-11-13-20(29)14-12-19)33(32-22)28-31-27(35)25(37-28)16-26(34)30-21-5-3-4-6-24(21)36-2/h3-14,23,25H,15-16H2,1-2H3,(H,30,34)/t23-,25-/m0/s1. The van der Waals surface area contributed by atoms with Crippen molar-refractivity contribution in [3.63, 3.8) is 0 Å². The van der Waals surface area contributed by atoms with E-state index in [4.69, 9.17) is 21.4 Å². The SMILES string of the molecule is COc1ccccc1NC(=O)C[C@@H]1SC(N2N=C(c3ccc(C)cc3)C[C@H]2c2ccc(Cl)cc2)=NC1=O. The molecule has 0 fully saturated rings. The van der Waals surface area contributed by atoms with Crippen LogP contribution in [0.3, 0.4) is 0 Å².